The molecule has 0 aromatic rings. The largest absolute Gasteiger partial charge is 0.220 e. The van der Waals surface area contributed by atoms with Gasteiger partial charge in [-0.3, -0.25) is 0 Å². The third-order valence-electron chi connectivity index (χ3n) is 0.708. The van der Waals surface area contributed by atoms with Gasteiger partial charge in [-0.2, -0.15) is 8.76 Å². The van der Waals surface area contributed by atoms with Gasteiger partial charge >= 0.3 is 0 Å². The lowest BCUT2D eigenvalue weighted by Gasteiger charge is -1.95. The van der Waals surface area contributed by atoms with Crippen LogP contribution >= 0.6 is 0 Å². The fourth-order valence-corrected chi connectivity index (χ4v) is 1.07. The topological polar surface area (TPSA) is 37.1 Å². The van der Waals surface area contributed by atoms with Gasteiger partial charge in [0.25, 0.3) is 0 Å². The maximum Gasteiger partial charge on any atom is 0.136 e. The van der Waals surface area contributed by atoms with E-state index in [2.05, 4.69) is 13.8 Å². The summed E-state index contributed by atoms with van der Waals surface area (Å²) in [6.07, 6.45) is 3.51. The Hall–Kier alpha value is -0.510. The molecule has 0 saturated carbocycles. The number of amidine groups is 1. The lowest BCUT2D eigenvalue weighted by Crippen LogP contribution is -1.94. The van der Waals surface area contributed by atoms with E-state index in [1.165, 1.54) is 0 Å². The Morgan fingerprint density at radius 2 is 2.38 bits per heavy atom. The van der Waals surface area contributed by atoms with E-state index in [4.69, 9.17) is 0 Å². The summed E-state index contributed by atoms with van der Waals surface area (Å²) in [7, 11) is -0.157. The predicted octanol–water partition coefficient (Wildman–Crippen LogP) is 0.793. The molecule has 0 fully saturated rings. The Kier molecular flexibility index (Phi) is 1.53. The number of nitrogens with zero attached hydrogens (tertiary/aromatic N) is 3. The summed E-state index contributed by atoms with van der Waals surface area (Å²) in [6.45, 7) is 1.87. The molecule has 3 nitrogen and oxygen atoms in total. The van der Waals surface area contributed by atoms with Gasteiger partial charge in [0.15, 0.2) is 0 Å². The van der Waals surface area contributed by atoms with Gasteiger partial charge in [0, 0.05) is 17.1 Å². The first-order chi connectivity index (χ1) is 3.79. The minimum absolute atomic E-state index is 0.157. The van der Waals surface area contributed by atoms with E-state index in [1.54, 1.807) is 6.34 Å². The van der Waals surface area contributed by atoms with Crippen LogP contribution in [0, 0.1) is 0 Å². The smallest absolute Gasteiger partial charge is 0.136 e. The van der Waals surface area contributed by atoms with Gasteiger partial charge in [0.05, 0.1) is 0 Å². The number of hydrogen-bond acceptors (Lipinski definition) is 3. The third-order valence-corrected chi connectivity index (χ3v) is 1.64. The summed E-state index contributed by atoms with van der Waals surface area (Å²) in [5.74, 6) is 0.825. The van der Waals surface area contributed by atoms with Gasteiger partial charge < -0.3 is 0 Å². The van der Waals surface area contributed by atoms with Crippen LogP contribution in [0.4, 0.5) is 0 Å². The second-order valence-electron chi connectivity index (χ2n) is 1.44. The molecule has 0 spiro atoms. The van der Waals surface area contributed by atoms with Gasteiger partial charge in [-0.15, -0.1) is 0 Å². The monoisotopic (exact) mass is 129 g/mol. The van der Waals surface area contributed by atoms with Crippen LogP contribution in [-0.4, -0.2) is 18.4 Å². The van der Waals surface area contributed by atoms with E-state index in [1.807, 2.05) is 13.2 Å². The van der Waals surface area contributed by atoms with Crippen molar-refractivity contribution in [2.45, 2.75) is 6.92 Å². The van der Waals surface area contributed by atoms with Gasteiger partial charge in [-0.05, 0) is 6.92 Å². The Bertz CT molecular complexity index is 177. The molecule has 0 aliphatic carbocycles. The molecule has 0 N–H and O–H groups in total. The predicted molar refractivity (Wildman–Crippen MR) is 37.3 cm³/mol. The average Bonchev–Trinajstić information content (AvgIpc) is 1.64. The molecule has 0 aromatic carbocycles. The molecule has 1 rings (SSSR count). The summed E-state index contributed by atoms with van der Waals surface area (Å²) in [5, 5.41) is 0. The van der Waals surface area contributed by atoms with Crippen LogP contribution < -0.4 is 0 Å². The van der Waals surface area contributed by atoms with Crippen molar-refractivity contribution in [1.82, 2.24) is 0 Å². The fourth-order valence-electron chi connectivity index (χ4n) is 0.414. The molecule has 0 saturated heterocycles. The van der Waals surface area contributed by atoms with Crippen LogP contribution in [-0.2, 0) is 10.9 Å². The summed E-state index contributed by atoms with van der Waals surface area (Å²) in [4.78, 5) is 3.85. The number of aliphatic imine (C=N–C) groups is 1. The van der Waals surface area contributed by atoms with Crippen molar-refractivity contribution in [3.63, 3.8) is 0 Å². The molecule has 44 valence electrons. The molecule has 1 heterocycles. The quantitative estimate of drug-likeness (QED) is 0.464. The number of hydrogen-bond donors (Lipinski definition) is 0. The molecule has 1 aliphatic rings. The Balaban J connectivity index is 2.89. The summed E-state index contributed by atoms with van der Waals surface area (Å²) < 4.78 is 7.99. The second kappa shape index (κ2) is 2.17. The number of rotatable bonds is 0. The maximum absolute atomic E-state index is 4.06. The van der Waals surface area contributed by atoms with Gasteiger partial charge in [-0.1, -0.05) is 0 Å². The van der Waals surface area contributed by atoms with E-state index in [0.717, 1.165) is 5.84 Å². The van der Waals surface area contributed by atoms with Crippen LogP contribution in [0.25, 0.3) is 0 Å². The molecule has 0 bridgehead atoms. The van der Waals surface area contributed by atoms with Gasteiger partial charge in [0.1, 0.15) is 12.2 Å². The molecular weight excluding hydrogens is 122 g/mol. The van der Waals surface area contributed by atoms with E-state index < -0.39 is 0 Å². The minimum Gasteiger partial charge on any atom is -0.220 e. The Labute approximate surface area is 50.8 Å². The zero-order valence-corrected chi connectivity index (χ0v) is 5.64. The van der Waals surface area contributed by atoms with Gasteiger partial charge in [0.2, 0.25) is 0 Å². The first-order valence-corrected chi connectivity index (χ1v) is 3.78. The molecule has 8 heavy (non-hydrogen) atoms. The fraction of sp³-hybridized carbons (Fsp3) is 0.500. The maximum atomic E-state index is 4.06. The molecule has 1 unspecified atom stereocenters. The van der Waals surface area contributed by atoms with Crippen LogP contribution in [0.2, 0.25) is 0 Å². The molecule has 1 atom stereocenters. The average molecular weight is 129 g/mol. The molecule has 0 amide bonds. The van der Waals surface area contributed by atoms with E-state index in [0.29, 0.717) is 0 Å². The minimum atomic E-state index is -0.157. The zero-order chi connectivity index (χ0) is 5.98. The van der Waals surface area contributed by atoms with Crippen LogP contribution in [0.5, 0.6) is 0 Å². The Morgan fingerprint density at radius 3 is 2.75 bits per heavy atom. The third kappa shape index (κ3) is 1.23. The highest BCUT2D eigenvalue weighted by atomic mass is 32.2. The normalized spacial score (nSPS) is 26.8. The lowest BCUT2D eigenvalue weighted by molar-refractivity contribution is 1.53. The van der Waals surface area contributed by atoms with Crippen molar-refractivity contribution < 1.29 is 0 Å². The van der Waals surface area contributed by atoms with Crippen LogP contribution in [0.1, 0.15) is 6.92 Å². The second-order valence-corrected chi connectivity index (χ2v) is 2.72. The molecule has 0 radical (unpaired) electrons. The first-order valence-electron chi connectivity index (χ1n) is 2.24. The van der Waals surface area contributed by atoms with Crippen molar-refractivity contribution in [2.75, 3.05) is 6.26 Å². The highest BCUT2D eigenvalue weighted by Gasteiger charge is 1.89. The standard InChI is InChI=1S/C4H7N3S/c1-4-5-3-6-8(2)7-4/h3H,1-2H3. The molecule has 0 aromatic heterocycles. The Morgan fingerprint density at radius 1 is 1.62 bits per heavy atom. The van der Waals surface area contributed by atoms with Crippen molar-refractivity contribution in [3.8, 4) is 0 Å². The van der Waals surface area contributed by atoms with Crippen molar-refractivity contribution >= 4 is 23.1 Å². The SMILES string of the molecule is CC1=NS(C)=NC=N1. The summed E-state index contributed by atoms with van der Waals surface area (Å²) >= 11 is 0. The van der Waals surface area contributed by atoms with Crippen LogP contribution in [0.15, 0.2) is 13.8 Å². The van der Waals surface area contributed by atoms with Crippen molar-refractivity contribution in [1.29, 1.82) is 0 Å². The highest BCUT2D eigenvalue weighted by Crippen LogP contribution is 1.92. The van der Waals surface area contributed by atoms with E-state index >= 15 is 0 Å². The lowest BCUT2D eigenvalue weighted by atomic mass is 10.7. The molecule has 1 aliphatic heterocycles. The van der Waals surface area contributed by atoms with Gasteiger partial charge in [-0.25, -0.2) is 4.99 Å². The first kappa shape index (κ1) is 5.62. The molecule has 4 heteroatoms. The highest BCUT2D eigenvalue weighted by molar-refractivity contribution is 7.85. The van der Waals surface area contributed by atoms with Crippen LogP contribution in [0.3, 0.4) is 0 Å². The van der Waals surface area contributed by atoms with Crippen molar-refractivity contribution in [2.24, 2.45) is 13.8 Å². The van der Waals surface area contributed by atoms with Crippen molar-refractivity contribution in [3.05, 3.63) is 0 Å². The van der Waals surface area contributed by atoms with E-state index in [9.17, 15) is 0 Å². The van der Waals surface area contributed by atoms with E-state index in [-0.39, 0.29) is 10.9 Å². The summed E-state index contributed by atoms with van der Waals surface area (Å²) in [5.41, 5.74) is 0. The summed E-state index contributed by atoms with van der Waals surface area (Å²) in [6, 6.07) is 0. The molecular formula is C4H7N3S. The zero-order valence-electron chi connectivity index (χ0n) is 4.83.